The summed E-state index contributed by atoms with van der Waals surface area (Å²) in [7, 11) is 0.928. The third kappa shape index (κ3) is 16.0. The van der Waals surface area contributed by atoms with Crippen LogP contribution in [0.15, 0.2) is 24.3 Å². The predicted octanol–water partition coefficient (Wildman–Crippen LogP) is 5.76. The Hall–Kier alpha value is -0.450. The van der Waals surface area contributed by atoms with Crippen LogP contribution in [0.2, 0.25) is 0 Å². The van der Waals surface area contributed by atoms with Gasteiger partial charge in [0.1, 0.15) is 6.54 Å². The van der Waals surface area contributed by atoms with E-state index >= 15 is 0 Å². The van der Waals surface area contributed by atoms with Gasteiger partial charge >= 0.3 is 7.60 Å². The van der Waals surface area contributed by atoms with Crippen molar-refractivity contribution in [2.75, 3.05) is 27.7 Å². The molecule has 0 fully saturated rings. The van der Waals surface area contributed by atoms with Gasteiger partial charge in [0.2, 0.25) is 5.34 Å². The maximum absolute atomic E-state index is 11.7. The van der Waals surface area contributed by atoms with Gasteiger partial charge < -0.3 is 19.4 Å². The van der Waals surface area contributed by atoms with Gasteiger partial charge in [-0.3, -0.25) is 4.57 Å². The number of hydrogen-bond donors (Lipinski definition) is 3. The molecule has 0 amide bonds. The van der Waals surface area contributed by atoms with Crippen molar-refractivity contribution < 1.29 is 23.9 Å². The van der Waals surface area contributed by atoms with Crippen LogP contribution in [0.5, 0.6) is 0 Å². The Morgan fingerprint density at radius 1 is 0.759 bits per heavy atom. The first-order valence-electron chi connectivity index (χ1n) is 11.4. The summed E-state index contributed by atoms with van der Waals surface area (Å²) in [6, 6.07) is 0. The van der Waals surface area contributed by atoms with Gasteiger partial charge in [-0.25, -0.2) is 0 Å². The van der Waals surface area contributed by atoms with E-state index in [0.717, 1.165) is 25.7 Å². The van der Waals surface area contributed by atoms with E-state index in [-0.39, 0.29) is 13.0 Å². The van der Waals surface area contributed by atoms with Gasteiger partial charge in [-0.05, 0) is 57.8 Å². The Morgan fingerprint density at radius 3 is 1.59 bits per heavy atom. The molecule has 6 heteroatoms. The molecule has 0 rings (SSSR count). The lowest BCUT2D eigenvalue weighted by atomic mass is 10.1. The molecule has 1 unspecified atom stereocenters. The molecule has 0 aliphatic rings. The first-order valence-corrected chi connectivity index (χ1v) is 13.0. The second-order valence-electron chi connectivity index (χ2n) is 9.27. The van der Waals surface area contributed by atoms with Crippen LogP contribution in [-0.4, -0.2) is 52.4 Å². The zero-order chi connectivity index (χ0) is 22.2. The highest BCUT2D eigenvalue weighted by Crippen LogP contribution is 2.52. The molecule has 0 saturated heterocycles. The summed E-state index contributed by atoms with van der Waals surface area (Å²) < 4.78 is 12.1. The van der Waals surface area contributed by atoms with Gasteiger partial charge in [0, 0.05) is 0 Å². The minimum absolute atomic E-state index is 0.0442. The van der Waals surface area contributed by atoms with E-state index in [1.165, 1.54) is 44.9 Å². The lowest BCUT2D eigenvalue weighted by Crippen LogP contribution is -2.49. The first-order chi connectivity index (χ1) is 13.5. The van der Waals surface area contributed by atoms with Crippen molar-refractivity contribution in [2.24, 2.45) is 0 Å². The molecule has 0 heterocycles. The summed E-state index contributed by atoms with van der Waals surface area (Å²) in [5.41, 5.74) is 0. The standard InChI is InChI=1S/C23H46NO4P/c1-5-6-7-8-9-10-11-12-13-14-15-16-17-18-19-20-21-23(25,29(26,27)28)22-24(2,3)4/h6-7,16-17,25H,5,8-15,18-22H2,1-4H3,(H-,26,27,28)/p+1/b7-6-,17-16-. The molecule has 0 bridgehead atoms. The highest BCUT2D eigenvalue weighted by molar-refractivity contribution is 7.53. The summed E-state index contributed by atoms with van der Waals surface area (Å²) in [5, 5.41) is 8.57. The lowest BCUT2D eigenvalue weighted by Gasteiger charge is -2.35. The Kier molecular flexibility index (Phi) is 15.1. The Balaban J connectivity index is 3.78. The molecular weight excluding hydrogens is 385 g/mol. The van der Waals surface area contributed by atoms with Gasteiger partial charge in [0.05, 0.1) is 21.1 Å². The lowest BCUT2D eigenvalue weighted by molar-refractivity contribution is -0.875. The van der Waals surface area contributed by atoms with Gasteiger partial charge in [-0.1, -0.05) is 56.9 Å². The van der Waals surface area contributed by atoms with E-state index in [1.807, 2.05) is 21.1 Å². The number of quaternary nitrogens is 1. The molecule has 0 saturated carbocycles. The van der Waals surface area contributed by atoms with Crippen molar-refractivity contribution in [3.05, 3.63) is 24.3 Å². The van der Waals surface area contributed by atoms with Crippen LogP contribution < -0.4 is 0 Å². The third-order valence-corrected chi connectivity index (χ3v) is 6.48. The SMILES string of the molecule is CC/C=C\CCCCCCCC/C=C\CCCCC(O)(C[N+](C)(C)C)P(=O)(O)O. The largest absolute Gasteiger partial charge is 0.373 e. The molecule has 29 heavy (non-hydrogen) atoms. The summed E-state index contributed by atoms with van der Waals surface area (Å²) >= 11 is 0. The Morgan fingerprint density at radius 2 is 1.17 bits per heavy atom. The maximum atomic E-state index is 11.7. The average molecular weight is 433 g/mol. The molecule has 3 N–H and O–H groups in total. The van der Waals surface area contributed by atoms with E-state index in [1.54, 1.807) is 0 Å². The number of unbranched alkanes of at least 4 members (excludes halogenated alkanes) is 9. The summed E-state index contributed by atoms with van der Waals surface area (Å²) in [4.78, 5) is 19.1. The van der Waals surface area contributed by atoms with Crippen LogP contribution in [-0.2, 0) is 4.57 Å². The highest BCUT2D eigenvalue weighted by atomic mass is 31.2. The maximum Gasteiger partial charge on any atom is 0.362 e. The summed E-state index contributed by atoms with van der Waals surface area (Å²) in [6.07, 6.45) is 22.7. The fourth-order valence-corrected chi connectivity index (χ4v) is 4.56. The molecule has 0 aromatic carbocycles. The average Bonchev–Trinajstić information content (AvgIpc) is 2.59. The van der Waals surface area contributed by atoms with Crippen LogP contribution in [0.1, 0.15) is 90.4 Å². The molecule has 1 atom stereocenters. The van der Waals surface area contributed by atoms with Crippen LogP contribution in [0.25, 0.3) is 0 Å². The van der Waals surface area contributed by atoms with Crippen LogP contribution in [0.3, 0.4) is 0 Å². The Bertz CT molecular complexity index is 507. The summed E-state index contributed by atoms with van der Waals surface area (Å²) in [5.74, 6) is 0. The van der Waals surface area contributed by atoms with Gasteiger partial charge in [0.15, 0.2) is 0 Å². The molecule has 0 aliphatic carbocycles. The quantitative estimate of drug-likeness (QED) is 0.111. The first kappa shape index (κ1) is 28.5. The minimum atomic E-state index is -4.56. The van der Waals surface area contributed by atoms with Gasteiger partial charge in [-0.15, -0.1) is 0 Å². The van der Waals surface area contributed by atoms with E-state index < -0.39 is 12.9 Å². The molecular formula is C23H47NO4P+. The summed E-state index contributed by atoms with van der Waals surface area (Å²) in [6.45, 7) is 2.22. The molecule has 0 aromatic rings. The van der Waals surface area contributed by atoms with Crippen molar-refractivity contribution in [1.82, 2.24) is 0 Å². The second-order valence-corrected chi connectivity index (χ2v) is 11.2. The van der Waals surface area contributed by atoms with Gasteiger partial charge in [-0.2, -0.15) is 0 Å². The molecule has 0 spiro atoms. The van der Waals surface area contributed by atoms with E-state index in [9.17, 15) is 19.5 Å². The zero-order valence-corrected chi connectivity index (χ0v) is 20.2. The van der Waals surface area contributed by atoms with Crippen molar-refractivity contribution >= 4 is 7.60 Å². The normalized spacial score (nSPS) is 15.4. The predicted molar refractivity (Wildman–Crippen MR) is 124 cm³/mol. The van der Waals surface area contributed by atoms with Crippen LogP contribution >= 0.6 is 7.60 Å². The molecule has 5 nitrogen and oxygen atoms in total. The second kappa shape index (κ2) is 15.4. The minimum Gasteiger partial charge on any atom is -0.373 e. The fourth-order valence-electron chi connectivity index (χ4n) is 3.50. The molecule has 0 aromatic heterocycles. The monoisotopic (exact) mass is 432 g/mol. The van der Waals surface area contributed by atoms with E-state index in [2.05, 4.69) is 31.2 Å². The third-order valence-electron chi connectivity index (χ3n) is 5.03. The topological polar surface area (TPSA) is 77.8 Å². The molecule has 172 valence electrons. The number of nitrogens with zero attached hydrogens (tertiary/aromatic N) is 1. The number of allylic oxidation sites excluding steroid dienone is 4. The smallest absolute Gasteiger partial charge is 0.362 e. The van der Waals surface area contributed by atoms with E-state index in [4.69, 9.17) is 0 Å². The molecule has 0 radical (unpaired) electrons. The van der Waals surface area contributed by atoms with Crippen LogP contribution in [0, 0.1) is 0 Å². The zero-order valence-electron chi connectivity index (χ0n) is 19.4. The van der Waals surface area contributed by atoms with Gasteiger partial charge in [0.25, 0.3) is 0 Å². The van der Waals surface area contributed by atoms with Crippen LogP contribution in [0.4, 0.5) is 0 Å². The van der Waals surface area contributed by atoms with Crippen molar-refractivity contribution in [1.29, 1.82) is 0 Å². The van der Waals surface area contributed by atoms with Crippen molar-refractivity contribution in [3.63, 3.8) is 0 Å². The number of hydrogen-bond acceptors (Lipinski definition) is 2. The number of likely N-dealkylation sites (N-methyl/N-ethyl adjacent to an activating group) is 1. The van der Waals surface area contributed by atoms with E-state index in [0.29, 0.717) is 10.9 Å². The van der Waals surface area contributed by atoms with Crippen molar-refractivity contribution in [2.45, 2.75) is 95.7 Å². The van der Waals surface area contributed by atoms with Crippen molar-refractivity contribution in [3.8, 4) is 0 Å². The Labute approximate surface area is 179 Å². The number of rotatable bonds is 18. The fraction of sp³-hybridized carbons (Fsp3) is 0.826. The highest BCUT2D eigenvalue weighted by Gasteiger charge is 2.48. The molecule has 0 aliphatic heterocycles. The number of aliphatic hydroxyl groups is 1.